The van der Waals surface area contributed by atoms with Gasteiger partial charge in [-0.05, 0) is 62.4 Å². The zero-order valence-corrected chi connectivity index (χ0v) is 14.5. The van der Waals surface area contributed by atoms with Crippen molar-refractivity contribution in [3.63, 3.8) is 0 Å². The Bertz CT molecular complexity index is 307. The third-order valence-electron chi connectivity index (χ3n) is 6.26. The lowest BCUT2D eigenvalue weighted by Gasteiger charge is -2.45. The van der Waals surface area contributed by atoms with Crippen molar-refractivity contribution < 1.29 is 0 Å². The second kappa shape index (κ2) is 6.36. The number of nitrogens with zero attached hydrogens (tertiary/aromatic N) is 1. The number of hydrogen-bond acceptors (Lipinski definition) is 2. The van der Waals surface area contributed by atoms with Gasteiger partial charge in [0.1, 0.15) is 0 Å². The van der Waals surface area contributed by atoms with Crippen LogP contribution in [0.1, 0.15) is 73.1 Å². The summed E-state index contributed by atoms with van der Waals surface area (Å²) in [5.74, 6) is 0. The molecule has 2 aliphatic rings. The van der Waals surface area contributed by atoms with Crippen LogP contribution in [0, 0.1) is 10.8 Å². The maximum absolute atomic E-state index is 3.77. The molecule has 0 bridgehead atoms. The van der Waals surface area contributed by atoms with Gasteiger partial charge < -0.3 is 5.32 Å². The predicted octanol–water partition coefficient (Wildman–Crippen LogP) is 4.06. The van der Waals surface area contributed by atoms with E-state index in [1.165, 1.54) is 51.6 Å². The van der Waals surface area contributed by atoms with E-state index in [1.54, 1.807) is 0 Å². The molecule has 0 aromatic heterocycles. The number of likely N-dealkylation sites (N-methyl/N-ethyl adjacent to an activating group) is 1. The van der Waals surface area contributed by atoms with Gasteiger partial charge >= 0.3 is 0 Å². The van der Waals surface area contributed by atoms with Crippen molar-refractivity contribution in [1.29, 1.82) is 0 Å². The summed E-state index contributed by atoms with van der Waals surface area (Å²) >= 11 is 0. The monoisotopic (exact) mass is 280 g/mol. The van der Waals surface area contributed by atoms with Crippen molar-refractivity contribution in [3.05, 3.63) is 0 Å². The summed E-state index contributed by atoms with van der Waals surface area (Å²) in [5, 5.41) is 3.77. The second-order valence-corrected chi connectivity index (χ2v) is 8.07. The van der Waals surface area contributed by atoms with E-state index in [4.69, 9.17) is 0 Å². The highest BCUT2D eigenvalue weighted by Gasteiger charge is 2.43. The largest absolute Gasteiger partial charge is 0.313 e. The standard InChI is InChI=1S/C18H36N2/c1-6-18(7-2)11-12-20(14-18)16-13-17(4,5)10-9-15(16)19-8-3/h15-16,19H,6-14H2,1-5H3. The van der Waals surface area contributed by atoms with E-state index in [0.717, 1.165) is 18.6 Å². The third kappa shape index (κ3) is 3.39. The van der Waals surface area contributed by atoms with Crippen molar-refractivity contribution in [3.8, 4) is 0 Å². The molecule has 1 saturated carbocycles. The highest BCUT2D eigenvalue weighted by molar-refractivity contribution is 4.99. The Morgan fingerprint density at radius 3 is 2.35 bits per heavy atom. The highest BCUT2D eigenvalue weighted by Crippen LogP contribution is 2.43. The summed E-state index contributed by atoms with van der Waals surface area (Å²) in [4.78, 5) is 2.83. The van der Waals surface area contributed by atoms with Gasteiger partial charge in [0.25, 0.3) is 0 Å². The van der Waals surface area contributed by atoms with Gasteiger partial charge in [-0.2, -0.15) is 0 Å². The first-order valence-corrected chi connectivity index (χ1v) is 8.93. The fourth-order valence-electron chi connectivity index (χ4n) is 4.51. The van der Waals surface area contributed by atoms with Gasteiger partial charge in [-0.15, -0.1) is 0 Å². The van der Waals surface area contributed by atoms with Crippen molar-refractivity contribution in [2.75, 3.05) is 19.6 Å². The Hall–Kier alpha value is -0.0800. The zero-order valence-electron chi connectivity index (χ0n) is 14.5. The number of hydrogen-bond donors (Lipinski definition) is 1. The fraction of sp³-hybridized carbons (Fsp3) is 1.00. The summed E-state index contributed by atoms with van der Waals surface area (Å²) in [5.41, 5.74) is 1.14. The van der Waals surface area contributed by atoms with Crippen LogP contribution >= 0.6 is 0 Å². The molecule has 2 nitrogen and oxygen atoms in total. The molecule has 1 N–H and O–H groups in total. The summed E-state index contributed by atoms with van der Waals surface area (Å²) in [7, 11) is 0. The van der Waals surface area contributed by atoms with E-state index >= 15 is 0 Å². The molecule has 0 aromatic rings. The highest BCUT2D eigenvalue weighted by atomic mass is 15.2. The molecule has 1 aliphatic heterocycles. The Morgan fingerprint density at radius 2 is 1.80 bits per heavy atom. The Labute approximate surface area is 126 Å². The lowest BCUT2D eigenvalue weighted by Crippen LogP contribution is -2.54. The molecule has 20 heavy (non-hydrogen) atoms. The number of rotatable bonds is 5. The van der Waals surface area contributed by atoms with Gasteiger partial charge in [-0.1, -0.05) is 34.6 Å². The molecule has 1 aliphatic carbocycles. The molecule has 2 unspecified atom stereocenters. The van der Waals surface area contributed by atoms with E-state index in [-0.39, 0.29) is 0 Å². The molecule has 2 fully saturated rings. The smallest absolute Gasteiger partial charge is 0.0254 e. The molecular formula is C18H36N2. The van der Waals surface area contributed by atoms with Crippen molar-refractivity contribution in [1.82, 2.24) is 10.2 Å². The van der Waals surface area contributed by atoms with E-state index in [1.807, 2.05) is 0 Å². The number of nitrogens with one attached hydrogen (secondary N) is 1. The molecule has 2 atom stereocenters. The molecule has 118 valence electrons. The third-order valence-corrected chi connectivity index (χ3v) is 6.26. The predicted molar refractivity (Wildman–Crippen MR) is 88.1 cm³/mol. The van der Waals surface area contributed by atoms with Crippen molar-refractivity contribution in [2.24, 2.45) is 10.8 Å². The van der Waals surface area contributed by atoms with Crippen molar-refractivity contribution >= 4 is 0 Å². The lowest BCUT2D eigenvalue weighted by molar-refractivity contribution is 0.0714. The van der Waals surface area contributed by atoms with Crippen LogP contribution in [-0.2, 0) is 0 Å². The van der Waals surface area contributed by atoms with Crippen LogP contribution in [0.5, 0.6) is 0 Å². The van der Waals surface area contributed by atoms with Crippen LogP contribution in [0.3, 0.4) is 0 Å². The average molecular weight is 280 g/mol. The van der Waals surface area contributed by atoms with Crippen LogP contribution in [0.25, 0.3) is 0 Å². The molecule has 2 rings (SSSR count). The fourth-order valence-corrected chi connectivity index (χ4v) is 4.51. The van der Waals surface area contributed by atoms with E-state index in [0.29, 0.717) is 10.8 Å². The zero-order chi connectivity index (χ0) is 14.8. The van der Waals surface area contributed by atoms with Gasteiger partial charge in [0.2, 0.25) is 0 Å². The summed E-state index contributed by atoms with van der Waals surface area (Å²) in [6.45, 7) is 15.7. The molecular weight excluding hydrogens is 244 g/mol. The Kier molecular flexibility index (Phi) is 5.18. The van der Waals surface area contributed by atoms with E-state index < -0.39 is 0 Å². The van der Waals surface area contributed by atoms with Gasteiger partial charge in [0.05, 0.1) is 0 Å². The van der Waals surface area contributed by atoms with E-state index in [2.05, 4.69) is 44.8 Å². The summed E-state index contributed by atoms with van der Waals surface area (Å²) in [6, 6.07) is 1.48. The first-order valence-electron chi connectivity index (χ1n) is 8.93. The van der Waals surface area contributed by atoms with E-state index in [9.17, 15) is 0 Å². The van der Waals surface area contributed by atoms with Crippen LogP contribution in [0.4, 0.5) is 0 Å². The number of likely N-dealkylation sites (tertiary alicyclic amines) is 1. The Morgan fingerprint density at radius 1 is 1.10 bits per heavy atom. The second-order valence-electron chi connectivity index (χ2n) is 8.07. The quantitative estimate of drug-likeness (QED) is 0.817. The molecule has 1 saturated heterocycles. The molecule has 0 amide bonds. The molecule has 2 heteroatoms. The summed E-state index contributed by atoms with van der Waals surface area (Å²) < 4.78 is 0. The average Bonchev–Trinajstić information content (AvgIpc) is 2.86. The summed E-state index contributed by atoms with van der Waals surface area (Å²) in [6.07, 6.45) is 8.21. The minimum Gasteiger partial charge on any atom is -0.313 e. The molecule has 1 heterocycles. The van der Waals surface area contributed by atoms with Gasteiger partial charge in [-0.25, -0.2) is 0 Å². The SMILES string of the molecule is CCNC1CCC(C)(C)CC1N1CCC(CC)(CC)C1. The minimum absolute atomic E-state index is 0.528. The van der Waals surface area contributed by atoms with Crippen LogP contribution in [0.15, 0.2) is 0 Å². The maximum atomic E-state index is 3.77. The van der Waals surface area contributed by atoms with Gasteiger partial charge in [0, 0.05) is 18.6 Å². The van der Waals surface area contributed by atoms with Gasteiger partial charge in [0.15, 0.2) is 0 Å². The first-order chi connectivity index (χ1) is 9.45. The van der Waals surface area contributed by atoms with Crippen LogP contribution in [-0.4, -0.2) is 36.6 Å². The topological polar surface area (TPSA) is 15.3 Å². The van der Waals surface area contributed by atoms with Crippen molar-refractivity contribution in [2.45, 2.75) is 85.2 Å². The van der Waals surface area contributed by atoms with Crippen LogP contribution < -0.4 is 5.32 Å². The maximum Gasteiger partial charge on any atom is 0.0254 e. The Balaban J connectivity index is 2.07. The molecule has 0 radical (unpaired) electrons. The molecule has 0 aromatic carbocycles. The first kappa shape index (κ1) is 16.3. The van der Waals surface area contributed by atoms with Crippen LogP contribution in [0.2, 0.25) is 0 Å². The lowest BCUT2D eigenvalue weighted by atomic mass is 9.72. The minimum atomic E-state index is 0.528. The van der Waals surface area contributed by atoms with Gasteiger partial charge in [-0.3, -0.25) is 4.90 Å². The normalized spacial score (nSPS) is 33.5. The molecule has 0 spiro atoms.